The summed E-state index contributed by atoms with van der Waals surface area (Å²) < 4.78 is 5.05. The van der Waals surface area contributed by atoms with Crippen molar-refractivity contribution in [3.63, 3.8) is 0 Å². The maximum absolute atomic E-state index is 9.11. The number of hydrogen-bond donors (Lipinski definition) is 2. The van der Waals surface area contributed by atoms with E-state index in [9.17, 15) is 0 Å². The van der Waals surface area contributed by atoms with Gasteiger partial charge in [0.15, 0.2) is 0 Å². The number of nitrogens with two attached hydrogens (primary N) is 1. The lowest BCUT2D eigenvalue weighted by atomic mass is 10.1. The van der Waals surface area contributed by atoms with Crippen molar-refractivity contribution in [1.82, 2.24) is 0 Å². The van der Waals surface area contributed by atoms with Gasteiger partial charge in [-0.3, -0.25) is 0 Å². The van der Waals surface area contributed by atoms with Crippen molar-refractivity contribution in [2.45, 2.75) is 25.0 Å². The van der Waals surface area contributed by atoms with Crippen molar-refractivity contribution in [2.24, 2.45) is 5.73 Å². The highest BCUT2D eigenvalue weighted by Crippen LogP contribution is 2.05. The molecule has 1 rings (SSSR count). The topological polar surface area (TPSA) is 55.5 Å². The van der Waals surface area contributed by atoms with E-state index in [0.717, 1.165) is 19.4 Å². The molecule has 0 unspecified atom stereocenters. The molecule has 54 valence electrons. The van der Waals surface area contributed by atoms with Crippen molar-refractivity contribution >= 4 is 0 Å². The maximum atomic E-state index is 9.11. The lowest BCUT2D eigenvalue weighted by molar-refractivity contribution is 0.0436. The molecule has 0 aromatic heterocycles. The first kappa shape index (κ1) is 6.99. The van der Waals surface area contributed by atoms with Crippen LogP contribution in [0.25, 0.3) is 0 Å². The summed E-state index contributed by atoms with van der Waals surface area (Å²) in [5.74, 6) is 0. The molecule has 9 heavy (non-hydrogen) atoms. The second-order valence-corrected chi connectivity index (χ2v) is 2.45. The van der Waals surface area contributed by atoms with E-state index in [-0.39, 0.29) is 6.04 Å². The molecule has 1 heterocycles. The van der Waals surface area contributed by atoms with E-state index >= 15 is 0 Å². The molecule has 0 saturated carbocycles. The molecule has 0 spiro atoms. The molecule has 3 N–H and O–H groups in total. The Kier molecular flexibility index (Phi) is 2.45. The molecule has 1 aliphatic heterocycles. The molecular formula is C6H13NO2. The van der Waals surface area contributed by atoms with Gasteiger partial charge in [-0.25, -0.2) is 0 Å². The van der Waals surface area contributed by atoms with Gasteiger partial charge >= 0.3 is 0 Å². The SMILES string of the molecule is N[C@@H]1CCCOC[C@H]1O. The molecule has 1 fully saturated rings. The van der Waals surface area contributed by atoms with E-state index in [1.54, 1.807) is 0 Å². The Bertz CT molecular complexity index is 77.1. The molecule has 0 bridgehead atoms. The molecule has 0 aromatic carbocycles. The van der Waals surface area contributed by atoms with Crippen LogP contribution in [0.4, 0.5) is 0 Å². The highest BCUT2D eigenvalue weighted by atomic mass is 16.5. The minimum atomic E-state index is -0.451. The smallest absolute Gasteiger partial charge is 0.0924 e. The van der Waals surface area contributed by atoms with Crippen LogP contribution in [0.3, 0.4) is 0 Å². The molecule has 0 amide bonds. The Hall–Kier alpha value is -0.120. The highest BCUT2D eigenvalue weighted by Gasteiger charge is 2.17. The molecule has 1 saturated heterocycles. The molecule has 3 heteroatoms. The summed E-state index contributed by atoms with van der Waals surface area (Å²) in [7, 11) is 0. The fourth-order valence-corrected chi connectivity index (χ4v) is 0.941. The molecule has 0 radical (unpaired) electrons. The number of rotatable bonds is 0. The number of ether oxygens (including phenoxy) is 1. The quantitative estimate of drug-likeness (QED) is 0.465. The maximum Gasteiger partial charge on any atom is 0.0924 e. The van der Waals surface area contributed by atoms with Crippen LogP contribution in [-0.2, 0) is 4.74 Å². The van der Waals surface area contributed by atoms with Crippen LogP contribution in [-0.4, -0.2) is 30.5 Å². The Morgan fingerprint density at radius 2 is 2.33 bits per heavy atom. The fraction of sp³-hybridized carbons (Fsp3) is 1.00. The van der Waals surface area contributed by atoms with Gasteiger partial charge in [-0.05, 0) is 12.8 Å². The predicted octanol–water partition coefficient (Wildman–Crippen LogP) is -0.515. The van der Waals surface area contributed by atoms with E-state index in [1.807, 2.05) is 0 Å². The summed E-state index contributed by atoms with van der Waals surface area (Å²) in [6, 6.07) is -0.0764. The normalized spacial score (nSPS) is 38.0. The van der Waals surface area contributed by atoms with E-state index < -0.39 is 6.10 Å². The lowest BCUT2D eigenvalue weighted by Gasteiger charge is -2.12. The average molecular weight is 131 g/mol. The van der Waals surface area contributed by atoms with Gasteiger partial charge < -0.3 is 15.6 Å². The van der Waals surface area contributed by atoms with Crippen LogP contribution < -0.4 is 5.73 Å². The summed E-state index contributed by atoms with van der Waals surface area (Å²) >= 11 is 0. The van der Waals surface area contributed by atoms with Crippen molar-refractivity contribution < 1.29 is 9.84 Å². The van der Waals surface area contributed by atoms with Gasteiger partial charge in [-0.15, -0.1) is 0 Å². The van der Waals surface area contributed by atoms with Gasteiger partial charge in [0.05, 0.1) is 12.7 Å². The largest absolute Gasteiger partial charge is 0.389 e. The van der Waals surface area contributed by atoms with Crippen LogP contribution in [0, 0.1) is 0 Å². The summed E-state index contributed by atoms with van der Waals surface area (Å²) in [5, 5.41) is 9.11. The summed E-state index contributed by atoms with van der Waals surface area (Å²) in [4.78, 5) is 0. The van der Waals surface area contributed by atoms with Gasteiger partial charge in [-0.2, -0.15) is 0 Å². The molecule has 0 aromatic rings. The zero-order valence-corrected chi connectivity index (χ0v) is 5.42. The number of aliphatic hydroxyl groups excluding tert-OH is 1. The first-order chi connectivity index (χ1) is 4.30. The van der Waals surface area contributed by atoms with Gasteiger partial charge in [0.2, 0.25) is 0 Å². The monoisotopic (exact) mass is 131 g/mol. The van der Waals surface area contributed by atoms with E-state index in [1.165, 1.54) is 0 Å². The van der Waals surface area contributed by atoms with E-state index in [4.69, 9.17) is 15.6 Å². The highest BCUT2D eigenvalue weighted by molar-refractivity contribution is 4.73. The first-order valence-electron chi connectivity index (χ1n) is 3.32. The second kappa shape index (κ2) is 3.15. The minimum absolute atomic E-state index is 0.0764. The van der Waals surface area contributed by atoms with Crippen LogP contribution in [0.5, 0.6) is 0 Å². The Labute approximate surface area is 54.8 Å². The van der Waals surface area contributed by atoms with Gasteiger partial charge in [-0.1, -0.05) is 0 Å². The van der Waals surface area contributed by atoms with Gasteiger partial charge in [0.1, 0.15) is 0 Å². The fourth-order valence-electron chi connectivity index (χ4n) is 0.941. The van der Waals surface area contributed by atoms with E-state index in [0.29, 0.717) is 6.61 Å². The summed E-state index contributed by atoms with van der Waals surface area (Å²) in [5.41, 5.74) is 5.55. The van der Waals surface area contributed by atoms with Crippen LogP contribution in [0.1, 0.15) is 12.8 Å². The zero-order chi connectivity index (χ0) is 6.69. The van der Waals surface area contributed by atoms with Crippen molar-refractivity contribution in [2.75, 3.05) is 13.2 Å². The third-order valence-corrected chi connectivity index (χ3v) is 1.61. The van der Waals surface area contributed by atoms with Crippen LogP contribution >= 0.6 is 0 Å². The average Bonchev–Trinajstić information content (AvgIpc) is 1.99. The predicted molar refractivity (Wildman–Crippen MR) is 34.0 cm³/mol. The summed E-state index contributed by atoms with van der Waals surface area (Å²) in [6.45, 7) is 1.14. The molecular weight excluding hydrogens is 118 g/mol. The Morgan fingerprint density at radius 1 is 1.56 bits per heavy atom. The molecule has 0 aliphatic carbocycles. The summed E-state index contributed by atoms with van der Waals surface area (Å²) in [6.07, 6.45) is 1.40. The van der Waals surface area contributed by atoms with Crippen molar-refractivity contribution in [1.29, 1.82) is 0 Å². The lowest BCUT2D eigenvalue weighted by Crippen LogP contribution is -2.35. The van der Waals surface area contributed by atoms with Crippen molar-refractivity contribution in [3.05, 3.63) is 0 Å². The van der Waals surface area contributed by atoms with Gasteiger partial charge in [0.25, 0.3) is 0 Å². The van der Waals surface area contributed by atoms with Crippen molar-refractivity contribution in [3.8, 4) is 0 Å². The third-order valence-electron chi connectivity index (χ3n) is 1.61. The molecule has 1 aliphatic rings. The molecule has 3 nitrogen and oxygen atoms in total. The Balaban J connectivity index is 2.32. The standard InChI is InChI=1S/C6H13NO2/c7-5-2-1-3-9-4-6(5)8/h5-6,8H,1-4,7H2/t5-,6-/m1/s1. The zero-order valence-electron chi connectivity index (χ0n) is 5.42. The Morgan fingerprint density at radius 3 is 3.11 bits per heavy atom. The minimum Gasteiger partial charge on any atom is -0.389 e. The van der Waals surface area contributed by atoms with Crippen LogP contribution in [0.2, 0.25) is 0 Å². The third kappa shape index (κ3) is 1.93. The molecule has 2 atom stereocenters. The second-order valence-electron chi connectivity index (χ2n) is 2.45. The van der Waals surface area contributed by atoms with Gasteiger partial charge in [0, 0.05) is 12.6 Å². The first-order valence-corrected chi connectivity index (χ1v) is 3.32. The number of hydrogen-bond acceptors (Lipinski definition) is 3. The van der Waals surface area contributed by atoms with Crippen LogP contribution in [0.15, 0.2) is 0 Å². The number of aliphatic hydroxyl groups is 1. The van der Waals surface area contributed by atoms with E-state index in [2.05, 4.69) is 0 Å².